The maximum atomic E-state index is 13.1. The summed E-state index contributed by atoms with van der Waals surface area (Å²) in [5.74, 6) is -0.143. The van der Waals surface area contributed by atoms with Crippen molar-refractivity contribution >= 4 is 11.9 Å². The number of esters is 1. The highest BCUT2D eigenvalue weighted by Crippen LogP contribution is 2.66. The van der Waals surface area contributed by atoms with Crippen molar-refractivity contribution in [3.8, 4) is 0 Å². The number of likely N-dealkylation sites (tertiary alicyclic amines) is 1. The number of rotatable bonds is 1. The summed E-state index contributed by atoms with van der Waals surface area (Å²) < 4.78 is 5.70. The van der Waals surface area contributed by atoms with Gasteiger partial charge in [-0.3, -0.25) is 9.59 Å². The van der Waals surface area contributed by atoms with Crippen molar-refractivity contribution in [3.05, 3.63) is 0 Å². The Hall–Kier alpha value is -1.06. The van der Waals surface area contributed by atoms with E-state index in [1.165, 1.54) is 6.42 Å². The number of hydrogen-bond acceptors (Lipinski definition) is 3. The van der Waals surface area contributed by atoms with Crippen molar-refractivity contribution in [2.45, 2.75) is 71.4 Å². The summed E-state index contributed by atoms with van der Waals surface area (Å²) in [7, 11) is 0. The summed E-state index contributed by atoms with van der Waals surface area (Å²) in [6, 6.07) is 0.257. The van der Waals surface area contributed by atoms with E-state index in [1.807, 2.05) is 25.7 Å². The molecule has 20 heavy (non-hydrogen) atoms. The van der Waals surface area contributed by atoms with E-state index in [1.54, 1.807) is 0 Å². The molecule has 1 aliphatic carbocycles. The summed E-state index contributed by atoms with van der Waals surface area (Å²) in [6.45, 7) is 8.91. The van der Waals surface area contributed by atoms with Crippen molar-refractivity contribution in [2.24, 2.45) is 10.8 Å². The normalized spacial score (nSPS) is 42.7. The molecule has 1 saturated carbocycles. The molecule has 3 aliphatic rings. The number of ether oxygens (including phenoxy) is 1. The lowest BCUT2D eigenvalue weighted by Crippen LogP contribution is -2.57. The van der Waals surface area contributed by atoms with Crippen LogP contribution in [0.1, 0.15) is 59.8 Å². The van der Waals surface area contributed by atoms with Crippen LogP contribution in [0.2, 0.25) is 0 Å². The molecule has 2 saturated heterocycles. The smallest absolute Gasteiger partial charge is 0.313 e. The third kappa shape index (κ3) is 1.38. The topological polar surface area (TPSA) is 46.6 Å². The van der Waals surface area contributed by atoms with Gasteiger partial charge in [0.05, 0.1) is 5.41 Å². The Morgan fingerprint density at radius 1 is 1.25 bits per heavy atom. The van der Waals surface area contributed by atoms with E-state index in [4.69, 9.17) is 4.74 Å². The highest BCUT2D eigenvalue weighted by molar-refractivity contribution is 5.96. The Morgan fingerprint density at radius 3 is 2.45 bits per heavy atom. The maximum Gasteiger partial charge on any atom is 0.313 e. The second kappa shape index (κ2) is 3.99. The highest BCUT2D eigenvalue weighted by Gasteiger charge is 2.76. The number of fused-ring (bicyclic) bond motifs is 2. The van der Waals surface area contributed by atoms with Crippen LogP contribution < -0.4 is 0 Å². The number of piperidine rings is 1. The molecule has 0 unspecified atom stereocenters. The monoisotopic (exact) mass is 279 g/mol. The van der Waals surface area contributed by atoms with Gasteiger partial charge in [-0.1, -0.05) is 13.8 Å². The molecule has 3 fully saturated rings. The molecule has 3 rings (SSSR count). The molecule has 2 heterocycles. The van der Waals surface area contributed by atoms with Gasteiger partial charge in [0.15, 0.2) is 5.60 Å². The van der Waals surface area contributed by atoms with Crippen LogP contribution in [-0.2, 0) is 14.3 Å². The van der Waals surface area contributed by atoms with E-state index in [9.17, 15) is 9.59 Å². The third-order valence-electron chi connectivity index (χ3n) is 6.49. The maximum absolute atomic E-state index is 13.1. The molecule has 0 spiro atoms. The predicted molar refractivity (Wildman–Crippen MR) is 75.0 cm³/mol. The van der Waals surface area contributed by atoms with Gasteiger partial charge in [0.2, 0.25) is 0 Å². The molecule has 0 radical (unpaired) electrons. The molecule has 1 amide bonds. The fourth-order valence-corrected chi connectivity index (χ4v) is 4.35. The molecule has 0 N–H and O–H groups in total. The standard InChI is InChI=1S/C16H25NO3/c1-11-7-5-6-10-17(11)12(18)16-9-8-15(4,13(19)20-16)14(16,2)3/h11H,5-10H2,1-4H3/t11-,15-,16+/m1/s1. The Balaban J connectivity index is 1.97. The lowest BCUT2D eigenvalue weighted by molar-refractivity contribution is -0.176. The van der Waals surface area contributed by atoms with E-state index >= 15 is 0 Å². The number of carbonyl (C=O) groups is 2. The van der Waals surface area contributed by atoms with Crippen molar-refractivity contribution in [1.82, 2.24) is 4.90 Å². The molecule has 4 heteroatoms. The van der Waals surface area contributed by atoms with Crippen molar-refractivity contribution < 1.29 is 14.3 Å². The van der Waals surface area contributed by atoms with Crippen LogP contribution in [0.5, 0.6) is 0 Å². The fraction of sp³-hybridized carbons (Fsp3) is 0.875. The minimum atomic E-state index is -0.926. The highest BCUT2D eigenvalue weighted by atomic mass is 16.6. The van der Waals surface area contributed by atoms with E-state index in [-0.39, 0.29) is 17.9 Å². The molecular weight excluding hydrogens is 254 g/mol. The first-order valence-electron chi connectivity index (χ1n) is 7.81. The number of nitrogens with zero attached hydrogens (tertiary/aromatic N) is 1. The summed E-state index contributed by atoms with van der Waals surface area (Å²) in [5.41, 5.74) is -1.86. The average molecular weight is 279 g/mol. The van der Waals surface area contributed by atoms with Crippen molar-refractivity contribution in [1.29, 1.82) is 0 Å². The number of amides is 1. The van der Waals surface area contributed by atoms with E-state index in [2.05, 4.69) is 6.92 Å². The molecule has 4 nitrogen and oxygen atoms in total. The second-order valence-corrected chi connectivity index (χ2v) is 7.52. The molecular formula is C16H25NO3. The van der Waals surface area contributed by atoms with Crippen LogP contribution in [-0.4, -0.2) is 35.0 Å². The summed E-state index contributed by atoms with van der Waals surface area (Å²) >= 11 is 0. The van der Waals surface area contributed by atoms with Crippen LogP contribution >= 0.6 is 0 Å². The Kier molecular flexibility index (Phi) is 2.77. The van der Waals surface area contributed by atoms with Crippen LogP contribution in [0.4, 0.5) is 0 Å². The molecule has 0 aromatic rings. The molecule has 2 bridgehead atoms. The van der Waals surface area contributed by atoms with Crippen LogP contribution in [0.25, 0.3) is 0 Å². The molecule has 112 valence electrons. The lowest BCUT2D eigenvalue weighted by atomic mass is 9.66. The minimum absolute atomic E-state index is 0.0456. The first-order valence-corrected chi connectivity index (χ1v) is 7.81. The van der Waals surface area contributed by atoms with E-state index in [0.29, 0.717) is 6.42 Å². The molecule has 3 atom stereocenters. The average Bonchev–Trinajstić information content (AvgIpc) is 2.69. The van der Waals surface area contributed by atoms with E-state index < -0.39 is 16.4 Å². The molecule has 0 aromatic carbocycles. The second-order valence-electron chi connectivity index (χ2n) is 7.52. The Labute approximate surface area is 120 Å². The van der Waals surface area contributed by atoms with E-state index in [0.717, 1.165) is 25.8 Å². The predicted octanol–water partition coefficient (Wildman–Crippen LogP) is 2.51. The van der Waals surface area contributed by atoms with Crippen molar-refractivity contribution in [2.75, 3.05) is 6.54 Å². The van der Waals surface area contributed by atoms with Gasteiger partial charge in [0, 0.05) is 18.0 Å². The number of hydrogen-bond donors (Lipinski definition) is 0. The quantitative estimate of drug-likeness (QED) is 0.693. The molecule has 0 aromatic heterocycles. The third-order valence-corrected chi connectivity index (χ3v) is 6.49. The zero-order chi connectivity index (χ0) is 14.8. The number of carbonyl (C=O) groups excluding carboxylic acids is 2. The largest absolute Gasteiger partial charge is 0.448 e. The van der Waals surface area contributed by atoms with Gasteiger partial charge in [0.1, 0.15) is 0 Å². The van der Waals surface area contributed by atoms with Gasteiger partial charge in [-0.15, -0.1) is 0 Å². The van der Waals surface area contributed by atoms with Gasteiger partial charge in [-0.25, -0.2) is 0 Å². The summed E-state index contributed by atoms with van der Waals surface area (Å²) in [5, 5.41) is 0. The molecule has 2 aliphatic heterocycles. The fourth-order valence-electron chi connectivity index (χ4n) is 4.35. The van der Waals surface area contributed by atoms with Crippen molar-refractivity contribution in [3.63, 3.8) is 0 Å². The first-order chi connectivity index (χ1) is 9.26. The first kappa shape index (κ1) is 13.9. The van der Waals surface area contributed by atoms with Gasteiger partial charge >= 0.3 is 5.97 Å². The van der Waals surface area contributed by atoms with Gasteiger partial charge in [0.25, 0.3) is 5.91 Å². The van der Waals surface area contributed by atoms with Gasteiger partial charge in [-0.2, -0.15) is 0 Å². The Morgan fingerprint density at radius 2 is 1.95 bits per heavy atom. The zero-order valence-electron chi connectivity index (χ0n) is 13.0. The SMILES string of the molecule is C[C@@H]1CCCCN1C(=O)[C@]12CC[C@](C)(C(=O)O1)C2(C)C. The summed E-state index contributed by atoms with van der Waals surface area (Å²) in [4.78, 5) is 27.4. The van der Waals surface area contributed by atoms with Crippen LogP contribution in [0, 0.1) is 10.8 Å². The Bertz CT molecular complexity index is 472. The lowest BCUT2D eigenvalue weighted by Gasteiger charge is -2.42. The summed E-state index contributed by atoms with van der Waals surface area (Å²) in [6.07, 6.45) is 4.71. The van der Waals surface area contributed by atoms with Gasteiger partial charge < -0.3 is 9.64 Å². The van der Waals surface area contributed by atoms with Gasteiger partial charge in [-0.05, 0) is 46.0 Å². The van der Waals surface area contributed by atoms with Crippen LogP contribution in [0.15, 0.2) is 0 Å². The minimum Gasteiger partial charge on any atom is -0.448 e. The zero-order valence-corrected chi connectivity index (χ0v) is 13.0. The van der Waals surface area contributed by atoms with Crippen LogP contribution in [0.3, 0.4) is 0 Å².